The standard InChI is InChI=1S/C54H83N7O12/c1-36(2)33-42(59-44(63)40(27-26-37-21-15-13-16-22-37)57-43(62)39(34-38-23-17-14-18-24-38)35-56-49(68)72-52(6,7)8)45(64)58-41(25-19-20-30-55-48(67)71-51(3,4)5)46(65)61-31-28-54(29-32-61,47(66)70-12)60-50(69)73-53(9,10)11/h13-18,21-24,36,39-42H,19-20,25-35H2,1-12H3,(H,55,67)(H,56,68)(H,57,62)(H,58,64)(H,59,63)(H,60,69)/t39-,40+,41+,42+/m0/s1. The van der Waals surface area contributed by atoms with E-state index in [0.717, 1.165) is 11.1 Å². The summed E-state index contributed by atoms with van der Waals surface area (Å²) in [4.78, 5) is 111. The molecule has 73 heavy (non-hydrogen) atoms. The smallest absolute Gasteiger partial charge is 0.408 e. The fraction of sp³-hybridized carbons (Fsp3) is 0.630. The van der Waals surface area contributed by atoms with E-state index < -0.39 is 94.3 Å². The predicted molar refractivity (Wildman–Crippen MR) is 276 cm³/mol. The molecule has 4 atom stereocenters. The van der Waals surface area contributed by atoms with Crippen LogP contribution in [0.5, 0.6) is 0 Å². The number of unbranched alkanes of at least 4 members (excludes halogenated alkanes) is 1. The number of alkyl carbamates (subject to hydrolysis) is 3. The summed E-state index contributed by atoms with van der Waals surface area (Å²) in [5.41, 5.74) is -2.04. The number of benzene rings is 2. The summed E-state index contributed by atoms with van der Waals surface area (Å²) in [6.45, 7) is 19.5. The molecule has 2 aromatic rings. The van der Waals surface area contributed by atoms with Crippen molar-refractivity contribution in [3.05, 3.63) is 71.8 Å². The number of hydrogen-bond donors (Lipinski definition) is 6. The molecule has 0 aliphatic carbocycles. The van der Waals surface area contributed by atoms with Crippen molar-refractivity contribution in [2.45, 2.75) is 174 Å². The summed E-state index contributed by atoms with van der Waals surface area (Å²) in [5.74, 6) is -3.81. The molecule has 0 unspecified atom stereocenters. The highest BCUT2D eigenvalue weighted by Crippen LogP contribution is 2.26. The number of amides is 7. The van der Waals surface area contributed by atoms with Gasteiger partial charge in [-0.1, -0.05) is 74.5 Å². The van der Waals surface area contributed by atoms with Gasteiger partial charge < -0.3 is 55.7 Å². The van der Waals surface area contributed by atoms with Crippen LogP contribution in [0, 0.1) is 11.8 Å². The van der Waals surface area contributed by atoms with Crippen molar-refractivity contribution >= 4 is 47.9 Å². The van der Waals surface area contributed by atoms with Crippen molar-refractivity contribution < 1.29 is 57.3 Å². The van der Waals surface area contributed by atoms with Gasteiger partial charge in [-0.3, -0.25) is 19.2 Å². The van der Waals surface area contributed by atoms with Crippen molar-refractivity contribution in [1.82, 2.24) is 36.8 Å². The van der Waals surface area contributed by atoms with Crippen LogP contribution in [-0.2, 0) is 55.8 Å². The van der Waals surface area contributed by atoms with Gasteiger partial charge in [-0.15, -0.1) is 0 Å². The number of rotatable bonds is 23. The number of carbonyl (C=O) groups is 8. The molecule has 1 aliphatic rings. The minimum Gasteiger partial charge on any atom is -0.467 e. The van der Waals surface area contributed by atoms with E-state index in [1.165, 1.54) is 12.0 Å². The molecular formula is C54H83N7O12. The molecule has 0 radical (unpaired) electrons. The minimum absolute atomic E-state index is 0.00345. The molecule has 0 saturated carbocycles. The van der Waals surface area contributed by atoms with Gasteiger partial charge in [0.2, 0.25) is 23.6 Å². The van der Waals surface area contributed by atoms with Crippen LogP contribution in [0.2, 0.25) is 0 Å². The molecule has 1 heterocycles. The fourth-order valence-corrected chi connectivity index (χ4v) is 8.08. The first-order valence-electron chi connectivity index (χ1n) is 25.4. The Bertz CT molecular complexity index is 2130. The molecular weight excluding hydrogens is 939 g/mol. The Balaban J connectivity index is 1.91. The molecule has 0 aromatic heterocycles. The number of esters is 1. The topological polar surface area (TPSA) is 249 Å². The highest BCUT2D eigenvalue weighted by atomic mass is 16.6. The van der Waals surface area contributed by atoms with E-state index in [4.69, 9.17) is 18.9 Å². The molecule has 19 heteroatoms. The van der Waals surface area contributed by atoms with Crippen LogP contribution in [0.25, 0.3) is 0 Å². The Morgan fingerprint density at radius 3 is 1.63 bits per heavy atom. The molecule has 0 spiro atoms. The summed E-state index contributed by atoms with van der Waals surface area (Å²) in [5, 5.41) is 16.9. The van der Waals surface area contributed by atoms with Crippen molar-refractivity contribution in [3.63, 3.8) is 0 Å². The van der Waals surface area contributed by atoms with Gasteiger partial charge in [0.25, 0.3) is 0 Å². The first-order valence-corrected chi connectivity index (χ1v) is 25.4. The number of ether oxygens (including phenoxy) is 4. The first kappa shape index (κ1) is 60.9. The van der Waals surface area contributed by atoms with Gasteiger partial charge in [-0.2, -0.15) is 0 Å². The lowest BCUT2D eigenvalue weighted by Gasteiger charge is -2.41. The van der Waals surface area contributed by atoms with E-state index in [1.807, 2.05) is 74.5 Å². The predicted octanol–water partition coefficient (Wildman–Crippen LogP) is 6.26. The lowest BCUT2D eigenvalue weighted by Crippen LogP contribution is -2.63. The zero-order valence-electron chi connectivity index (χ0n) is 45.2. The summed E-state index contributed by atoms with van der Waals surface area (Å²) >= 11 is 0. The number of likely N-dealkylation sites (tertiary alicyclic amines) is 1. The molecule has 2 aromatic carbocycles. The molecule has 7 amide bonds. The van der Waals surface area contributed by atoms with Crippen LogP contribution >= 0.6 is 0 Å². The number of aryl methyl sites for hydroxylation is 1. The highest BCUT2D eigenvalue weighted by molar-refractivity contribution is 5.95. The van der Waals surface area contributed by atoms with E-state index in [9.17, 15) is 38.4 Å². The summed E-state index contributed by atoms with van der Waals surface area (Å²) in [7, 11) is 1.21. The number of methoxy groups -OCH3 is 1. The quantitative estimate of drug-likeness (QED) is 0.0411. The van der Waals surface area contributed by atoms with E-state index in [0.29, 0.717) is 19.3 Å². The zero-order chi connectivity index (χ0) is 54.6. The largest absolute Gasteiger partial charge is 0.467 e. The van der Waals surface area contributed by atoms with Crippen LogP contribution in [-0.4, -0.2) is 127 Å². The molecule has 1 fully saturated rings. The van der Waals surface area contributed by atoms with E-state index in [-0.39, 0.29) is 70.6 Å². The SMILES string of the molecule is COC(=O)C1(NC(=O)OC(C)(C)C)CCN(C(=O)[C@@H](CCCCNC(=O)OC(C)(C)C)NC(=O)[C@@H](CC(C)C)NC(=O)[C@@H](CCc2ccccc2)NC(=O)[C@H](CNC(=O)OC(C)(C)C)Cc2ccccc2)CC1. The van der Waals surface area contributed by atoms with E-state index >= 15 is 0 Å². The van der Waals surface area contributed by atoms with Crippen LogP contribution < -0.4 is 31.9 Å². The molecule has 0 bridgehead atoms. The zero-order valence-corrected chi connectivity index (χ0v) is 45.2. The summed E-state index contributed by atoms with van der Waals surface area (Å²) < 4.78 is 21.3. The maximum Gasteiger partial charge on any atom is 0.408 e. The third-order valence-electron chi connectivity index (χ3n) is 11.6. The highest BCUT2D eigenvalue weighted by Gasteiger charge is 2.46. The number of hydrogen-bond acceptors (Lipinski definition) is 12. The molecule has 3 rings (SSSR count). The van der Waals surface area contributed by atoms with E-state index in [2.05, 4.69) is 31.9 Å². The van der Waals surface area contributed by atoms with Crippen molar-refractivity contribution in [1.29, 1.82) is 0 Å². The van der Waals surface area contributed by atoms with E-state index in [1.54, 1.807) is 62.3 Å². The molecule has 19 nitrogen and oxygen atoms in total. The number of nitrogens with zero attached hydrogens (tertiary/aromatic N) is 1. The molecule has 1 saturated heterocycles. The number of carbonyl (C=O) groups excluding carboxylic acids is 8. The maximum absolute atomic E-state index is 14.6. The summed E-state index contributed by atoms with van der Waals surface area (Å²) in [6.07, 6.45) is -0.171. The van der Waals surface area contributed by atoms with Gasteiger partial charge in [0.15, 0.2) is 0 Å². The van der Waals surface area contributed by atoms with Crippen molar-refractivity contribution in [2.75, 3.05) is 33.3 Å². The Kier molecular flexibility index (Phi) is 23.5. The fourth-order valence-electron chi connectivity index (χ4n) is 8.08. The van der Waals surface area contributed by atoms with Crippen LogP contribution in [0.15, 0.2) is 60.7 Å². The molecule has 406 valence electrons. The van der Waals surface area contributed by atoms with Gasteiger partial charge in [-0.05, 0) is 137 Å². The Morgan fingerprint density at radius 1 is 0.603 bits per heavy atom. The lowest BCUT2D eigenvalue weighted by molar-refractivity contribution is -0.153. The van der Waals surface area contributed by atoms with Gasteiger partial charge in [0.05, 0.1) is 13.0 Å². The van der Waals surface area contributed by atoms with Gasteiger partial charge in [-0.25, -0.2) is 19.2 Å². The van der Waals surface area contributed by atoms with Crippen molar-refractivity contribution in [3.8, 4) is 0 Å². The first-order chi connectivity index (χ1) is 34.1. The second-order valence-electron chi connectivity index (χ2n) is 22.1. The van der Waals surface area contributed by atoms with Gasteiger partial charge >= 0.3 is 24.2 Å². The molecule has 6 N–H and O–H groups in total. The average molecular weight is 1020 g/mol. The average Bonchev–Trinajstić information content (AvgIpc) is 3.29. The lowest BCUT2D eigenvalue weighted by atomic mass is 9.87. The second kappa shape index (κ2) is 28.2. The summed E-state index contributed by atoms with van der Waals surface area (Å²) in [6, 6.07) is 15.4. The third kappa shape index (κ3) is 22.9. The van der Waals surface area contributed by atoms with Gasteiger partial charge in [0, 0.05) is 26.2 Å². The minimum atomic E-state index is -1.48. The second-order valence-corrected chi connectivity index (χ2v) is 22.1. The number of piperidine rings is 1. The van der Waals surface area contributed by atoms with Gasteiger partial charge in [0.1, 0.15) is 40.5 Å². The Labute approximate surface area is 432 Å². The van der Waals surface area contributed by atoms with Crippen LogP contribution in [0.1, 0.15) is 132 Å². The van der Waals surface area contributed by atoms with Crippen LogP contribution in [0.4, 0.5) is 14.4 Å². The monoisotopic (exact) mass is 1020 g/mol. The normalized spacial score (nSPS) is 15.3. The van der Waals surface area contributed by atoms with Crippen LogP contribution in [0.3, 0.4) is 0 Å². The Hall–Kier alpha value is -6.40. The third-order valence-corrected chi connectivity index (χ3v) is 11.6. The maximum atomic E-state index is 14.6. The number of nitrogens with one attached hydrogen (secondary N) is 6. The van der Waals surface area contributed by atoms with Crippen molar-refractivity contribution in [2.24, 2.45) is 11.8 Å². The molecule has 1 aliphatic heterocycles. The Morgan fingerprint density at radius 2 is 1.10 bits per heavy atom.